The van der Waals surface area contributed by atoms with E-state index in [1.54, 1.807) is 18.2 Å². The summed E-state index contributed by atoms with van der Waals surface area (Å²) >= 11 is 0. The Labute approximate surface area is 107 Å². The van der Waals surface area contributed by atoms with Crippen molar-refractivity contribution in [1.29, 1.82) is 0 Å². The lowest BCUT2D eigenvalue weighted by Gasteiger charge is -2.25. The predicted molar refractivity (Wildman–Crippen MR) is 70.6 cm³/mol. The predicted octanol–water partition coefficient (Wildman–Crippen LogP) is 0.534. The van der Waals surface area contributed by atoms with E-state index < -0.39 is 5.91 Å². The molecular weight excluding hydrogens is 230 g/mol. The van der Waals surface area contributed by atoms with Gasteiger partial charge < -0.3 is 16.4 Å². The van der Waals surface area contributed by atoms with Gasteiger partial charge in [-0.3, -0.25) is 9.59 Å². The third kappa shape index (κ3) is 4.08. The van der Waals surface area contributed by atoms with Gasteiger partial charge in [0.2, 0.25) is 11.8 Å². The van der Waals surface area contributed by atoms with Gasteiger partial charge in [0.1, 0.15) is 0 Å². The molecule has 0 heterocycles. The highest BCUT2D eigenvalue weighted by Gasteiger charge is 2.18. The van der Waals surface area contributed by atoms with E-state index in [0.29, 0.717) is 5.69 Å². The van der Waals surface area contributed by atoms with Gasteiger partial charge >= 0.3 is 0 Å². The van der Waals surface area contributed by atoms with E-state index in [4.69, 9.17) is 11.5 Å². The van der Waals surface area contributed by atoms with E-state index in [0.717, 1.165) is 5.56 Å². The Bertz CT molecular complexity index is 444. The molecule has 1 aromatic rings. The van der Waals surface area contributed by atoms with Crippen LogP contribution >= 0.6 is 0 Å². The summed E-state index contributed by atoms with van der Waals surface area (Å²) in [4.78, 5) is 24.5. The molecule has 0 aromatic heterocycles. The molecule has 0 atom stereocenters. The van der Waals surface area contributed by atoms with Gasteiger partial charge in [-0.25, -0.2) is 0 Å². The number of rotatable bonds is 5. The monoisotopic (exact) mass is 249 g/mol. The average Bonchev–Trinajstić information content (AvgIpc) is 2.25. The second-order valence-electron chi connectivity index (χ2n) is 4.50. The first-order valence-corrected chi connectivity index (χ1v) is 5.82. The van der Waals surface area contributed by atoms with Gasteiger partial charge in [-0.05, 0) is 31.5 Å². The number of nitrogens with two attached hydrogens (primary N) is 2. The molecule has 4 N–H and O–H groups in total. The molecular formula is C13H19N3O2. The maximum Gasteiger partial charge on any atom is 0.237 e. The molecule has 2 amide bonds. The summed E-state index contributed by atoms with van der Waals surface area (Å²) in [6.45, 7) is 3.64. The van der Waals surface area contributed by atoms with Crippen LogP contribution in [0.15, 0.2) is 24.3 Å². The number of carbonyl (C=O) groups is 2. The summed E-state index contributed by atoms with van der Waals surface area (Å²) in [7, 11) is 0. The van der Waals surface area contributed by atoms with E-state index in [2.05, 4.69) is 0 Å². The van der Waals surface area contributed by atoms with Crippen molar-refractivity contribution in [3.05, 3.63) is 29.8 Å². The first kappa shape index (κ1) is 14.0. The minimum Gasteiger partial charge on any atom is -0.399 e. The van der Waals surface area contributed by atoms with Crippen molar-refractivity contribution >= 4 is 17.5 Å². The van der Waals surface area contributed by atoms with Crippen LogP contribution in [-0.4, -0.2) is 29.3 Å². The average molecular weight is 249 g/mol. The van der Waals surface area contributed by atoms with E-state index in [1.807, 2.05) is 19.9 Å². The van der Waals surface area contributed by atoms with Crippen LogP contribution in [-0.2, 0) is 16.0 Å². The summed E-state index contributed by atoms with van der Waals surface area (Å²) in [6, 6.07) is 7.08. The van der Waals surface area contributed by atoms with E-state index in [9.17, 15) is 9.59 Å². The maximum atomic E-state index is 12.1. The van der Waals surface area contributed by atoms with E-state index in [-0.39, 0.29) is 24.9 Å². The molecule has 5 nitrogen and oxygen atoms in total. The molecule has 1 rings (SSSR count). The Kier molecular flexibility index (Phi) is 4.71. The Morgan fingerprint density at radius 3 is 2.50 bits per heavy atom. The SMILES string of the molecule is CC(C)N(CC(N)=O)C(=O)Cc1cccc(N)c1. The molecule has 0 unspecified atom stereocenters. The molecule has 0 aliphatic rings. The van der Waals surface area contributed by atoms with Gasteiger partial charge in [0.15, 0.2) is 0 Å². The number of anilines is 1. The summed E-state index contributed by atoms with van der Waals surface area (Å²) in [5.74, 6) is -0.640. The lowest BCUT2D eigenvalue weighted by Crippen LogP contribution is -2.43. The smallest absolute Gasteiger partial charge is 0.237 e. The van der Waals surface area contributed by atoms with Gasteiger partial charge in [-0.1, -0.05) is 12.1 Å². The standard InChI is InChI=1S/C13H19N3O2/c1-9(2)16(8-12(15)17)13(18)7-10-4-3-5-11(14)6-10/h3-6,9H,7-8,14H2,1-2H3,(H2,15,17). The number of benzene rings is 1. The summed E-state index contributed by atoms with van der Waals surface area (Å²) < 4.78 is 0. The maximum absolute atomic E-state index is 12.1. The molecule has 0 saturated heterocycles. The fourth-order valence-corrected chi connectivity index (χ4v) is 1.71. The van der Waals surface area contributed by atoms with E-state index in [1.165, 1.54) is 4.90 Å². The Morgan fingerprint density at radius 2 is 2.00 bits per heavy atom. The van der Waals surface area contributed by atoms with Crippen LogP contribution in [0.25, 0.3) is 0 Å². The van der Waals surface area contributed by atoms with Crippen molar-refractivity contribution in [3.63, 3.8) is 0 Å². The second-order valence-corrected chi connectivity index (χ2v) is 4.50. The number of hydrogen-bond acceptors (Lipinski definition) is 3. The van der Waals surface area contributed by atoms with Gasteiger partial charge in [0.25, 0.3) is 0 Å². The molecule has 0 aliphatic heterocycles. The number of nitrogen functional groups attached to an aromatic ring is 1. The molecule has 0 fully saturated rings. The molecule has 5 heteroatoms. The largest absolute Gasteiger partial charge is 0.399 e. The van der Waals surface area contributed by atoms with Crippen LogP contribution in [0.3, 0.4) is 0 Å². The number of nitrogens with zero attached hydrogens (tertiary/aromatic N) is 1. The summed E-state index contributed by atoms with van der Waals surface area (Å²) in [5, 5.41) is 0. The molecule has 0 spiro atoms. The van der Waals surface area contributed by atoms with Crippen LogP contribution in [0, 0.1) is 0 Å². The summed E-state index contributed by atoms with van der Waals surface area (Å²) in [6.07, 6.45) is 0.219. The number of hydrogen-bond donors (Lipinski definition) is 2. The van der Waals surface area contributed by atoms with Crippen molar-refractivity contribution in [3.8, 4) is 0 Å². The highest BCUT2D eigenvalue weighted by Crippen LogP contribution is 2.10. The Hall–Kier alpha value is -2.04. The van der Waals surface area contributed by atoms with Gasteiger partial charge in [0.05, 0.1) is 13.0 Å². The normalized spacial score (nSPS) is 10.4. The molecule has 18 heavy (non-hydrogen) atoms. The van der Waals surface area contributed by atoms with Crippen molar-refractivity contribution < 1.29 is 9.59 Å². The lowest BCUT2D eigenvalue weighted by atomic mass is 10.1. The van der Waals surface area contributed by atoms with Crippen molar-refractivity contribution in [1.82, 2.24) is 4.90 Å². The molecule has 0 saturated carbocycles. The van der Waals surface area contributed by atoms with Gasteiger partial charge in [0, 0.05) is 11.7 Å². The highest BCUT2D eigenvalue weighted by molar-refractivity contribution is 5.85. The molecule has 1 aromatic carbocycles. The third-order valence-corrected chi connectivity index (χ3v) is 2.58. The fraction of sp³-hybridized carbons (Fsp3) is 0.385. The summed E-state index contributed by atoms with van der Waals surface area (Å²) in [5.41, 5.74) is 12.2. The zero-order chi connectivity index (χ0) is 13.7. The number of amides is 2. The molecule has 0 radical (unpaired) electrons. The zero-order valence-corrected chi connectivity index (χ0v) is 10.7. The van der Waals surface area contributed by atoms with Crippen LogP contribution in [0.1, 0.15) is 19.4 Å². The topological polar surface area (TPSA) is 89.4 Å². The Balaban J connectivity index is 2.75. The van der Waals surface area contributed by atoms with Gasteiger partial charge in [-0.2, -0.15) is 0 Å². The fourth-order valence-electron chi connectivity index (χ4n) is 1.71. The minimum atomic E-state index is -0.510. The first-order valence-electron chi connectivity index (χ1n) is 5.82. The highest BCUT2D eigenvalue weighted by atomic mass is 16.2. The second kappa shape index (κ2) is 6.05. The van der Waals surface area contributed by atoms with Crippen LogP contribution in [0.4, 0.5) is 5.69 Å². The van der Waals surface area contributed by atoms with Crippen molar-refractivity contribution in [2.45, 2.75) is 26.3 Å². The first-order chi connectivity index (χ1) is 8.40. The van der Waals surface area contributed by atoms with Crippen LogP contribution in [0.2, 0.25) is 0 Å². The quantitative estimate of drug-likeness (QED) is 0.746. The van der Waals surface area contributed by atoms with Gasteiger partial charge in [-0.15, -0.1) is 0 Å². The lowest BCUT2D eigenvalue weighted by molar-refractivity contribution is -0.136. The van der Waals surface area contributed by atoms with Crippen LogP contribution in [0.5, 0.6) is 0 Å². The van der Waals surface area contributed by atoms with E-state index >= 15 is 0 Å². The number of primary amides is 1. The Morgan fingerprint density at radius 1 is 1.33 bits per heavy atom. The van der Waals surface area contributed by atoms with Crippen molar-refractivity contribution in [2.75, 3.05) is 12.3 Å². The zero-order valence-electron chi connectivity index (χ0n) is 10.7. The van der Waals surface area contributed by atoms with Crippen LogP contribution < -0.4 is 11.5 Å². The number of carbonyl (C=O) groups excluding carboxylic acids is 2. The molecule has 98 valence electrons. The third-order valence-electron chi connectivity index (χ3n) is 2.58. The van der Waals surface area contributed by atoms with Crippen molar-refractivity contribution in [2.24, 2.45) is 5.73 Å². The molecule has 0 bridgehead atoms. The minimum absolute atomic E-state index is 0.0567. The molecule has 0 aliphatic carbocycles.